The molecule has 0 aliphatic heterocycles. The topological polar surface area (TPSA) is 145 Å². The van der Waals surface area contributed by atoms with E-state index in [0.717, 1.165) is 0 Å². The highest BCUT2D eigenvalue weighted by molar-refractivity contribution is 5.74. The van der Waals surface area contributed by atoms with Crippen LogP contribution in [0.5, 0.6) is 0 Å². The minimum absolute atomic E-state index is 0.0792. The van der Waals surface area contributed by atoms with Crippen LogP contribution >= 0.6 is 0 Å². The predicted octanol–water partition coefficient (Wildman–Crippen LogP) is -1.56. The largest absolute Gasteiger partial charge is 0.383 e. The van der Waals surface area contributed by atoms with E-state index in [1.54, 1.807) is 0 Å². The first-order valence-corrected chi connectivity index (χ1v) is 6.19. The number of anilines is 2. The van der Waals surface area contributed by atoms with Crippen molar-refractivity contribution in [1.29, 1.82) is 0 Å². The number of carbonyl (C=O) groups excluding carboxylic acids is 1. The minimum atomic E-state index is -0.588. The highest BCUT2D eigenvalue weighted by Crippen LogP contribution is 2.09. The molecule has 0 saturated carbocycles. The number of rotatable bonds is 8. The summed E-state index contributed by atoms with van der Waals surface area (Å²) in [6, 6.07) is 0. The van der Waals surface area contributed by atoms with E-state index in [2.05, 4.69) is 10.3 Å². The van der Waals surface area contributed by atoms with Crippen LogP contribution in [0.1, 0.15) is 13.3 Å². The smallest absolute Gasteiger partial charge is 0.330 e. The Balaban J connectivity index is 2.75. The third-order valence-electron chi connectivity index (χ3n) is 2.48. The summed E-state index contributed by atoms with van der Waals surface area (Å²) in [7, 11) is 0. The Morgan fingerprint density at radius 3 is 2.75 bits per heavy atom. The summed E-state index contributed by atoms with van der Waals surface area (Å²) < 4.78 is 6.23. The maximum atomic E-state index is 11.7. The van der Waals surface area contributed by atoms with Crippen molar-refractivity contribution >= 4 is 17.4 Å². The van der Waals surface area contributed by atoms with Gasteiger partial charge in [-0.25, -0.2) is 4.79 Å². The number of hydrogen-bond acceptors (Lipinski definition) is 6. The second kappa shape index (κ2) is 7.34. The van der Waals surface area contributed by atoms with Gasteiger partial charge in [0.15, 0.2) is 0 Å². The van der Waals surface area contributed by atoms with E-state index >= 15 is 0 Å². The van der Waals surface area contributed by atoms with E-state index in [-0.39, 0.29) is 31.3 Å². The summed E-state index contributed by atoms with van der Waals surface area (Å²) in [6.45, 7) is 2.54. The number of carbonyl (C=O) groups is 1. The molecule has 1 aromatic rings. The van der Waals surface area contributed by atoms with E-state index in [1.165, 1.54) is 4.57 Å². The molecule has 112 valence electrons. The zero-order valence-electron chi connectivity index (χ0n) is 11.3. The van der Waals surface area contributed by atoms with Crippen LogP contribution in [-0.4, -0.2) is 35.2 Å². The van der Waals surface area contributed by atoms with Crippen LogP contribution in [0.3, 0.4) is 0 Å². The van der Waals surface area contributed by atoms with E-state index in [4.69, 9.17) is 16.2 Å². The van der Waals surface area contributed by atoms with Crippen molar-refractivity contribution in [2.24, 2.45) is 5.73 Å². The fourth-order valence-corrected chi connectivity index (χ4v) is 1.63. The van der Waals surface area contributed by atoms with Gasteiger partial charge in [-0.3, -0.25) is 19.1 Å². The molecule has 0 aromatic carbocycles. The van der Waals surface area contributed by atoms with Crippen molar-refractivity contribution in [3.05, 3.63) is 20.8 Å². The fourth-order valence-electron chi connectivity index (χ4n) is 1.63. The predicted molar refractivity (Wildman–Crippen MR) is 74.5 cm³/mol. The van der Waals surface area contributed by atoms with Gasteiger partial charge in [0.1, 0.15) is 18.1 Å². The van der Waals surface area contributed by atoms with Gasteiger partial charge in [0, 0.05) is 13.1 Å². The van der Waals surface area contributed by atoms with Crippen molar-refractivity contribution in [3.63, 3.8) is 0 Å². The van der Waals surface area contributed by atoms with E-state index in [1.807, 2.05) is 6.92 Å². The van der Waals surface area contributed by atoms with Crippen molar-refractivity contribution in [3.8, 4) is 0 Å². The first kappa shape index (κ1) is 15.8. The second-order valence-electron chi connectivity index (χ2n) is 4.12. The molecule has 0 aliphatic carbocycles. The van der Waals surface area contributed by atoms with Crippen molar-refractivity contribution in [2.75, 3.05) is 30.8 Å². The Labute approximate surface area is 114 Å². The molecule has 0 unspecified atom stereocenters. The maximum absolute atomic E-state index is 11.7. The Morgan fingerprint density at radius 1 is 1.45 bits per heavy atom. The van der Waals surface area contributed by atoms with Crippen LogP contribution in [-0.2, 0) is 16.1 Å². The number of ether oxygens (including phenoxy) is 1. The fraction of sp³-hybridized carbons (Fsp3) is 0.545. The molecular formula is C11H19N5O4. The SMILES string of the molecule is CCCn1c(N)c(NCCOCC(N)=O)c(=O)[nH]c1=O. The van der Waals surface area contributed by atoms with E-state index in [9.17, 15) is 14.4 Å². The molecule has 1 amide bonds. The molecule has 0 saturated heterocycles. The second-order valence-corrected chi connectivity index (χ2v) is 4.12. The minimum Gasteiger partial charge on any atom is -0.383 e. The summed E-state index contributed by atoms with van der Waals surface area (Å²) in [5.41, 5.74) is 9.69. The van der Waals surface area contributed by atoms with Crippen LogP contribution in [0, 0.1) is 0 Å². The summed E-state index contributed by atoms with van der Waals surface area (Å²) in [5, 5.41) is 2.78. The van der Waals surface area contributed by atoms with Crippen LogP contribution in [0.15, 0.2) is 9.59 Å². The summed E-state index contributed by atoms with van der Waals surface area (Å²) in [4.78, 5) is 35.9. The molecule has 0 fully saturated rings. The average molecular weight is 285 g/mol. The molecule has 0 spiro atoms. The van der Waals surface area contributed by atoms with Gasteiger partial charge in [0.05, 0.1) is 6.61 Å². The van der Waals surface area contributed by atoms with Gasteiger partial charge in [0.25, 0.3) is 5.56 Å². The Morgan fingerprint density at radius 2 is 2.15 bits per heavy atom. The number of nitrogens with one attached hydrogen (secondary N) is 2. The number of nitrogens with zero attached hydrogens (tertiary/aromatic N) is 1. The van der Waals surface area contributed by atoms with E-state index < -0.39 is 17.2 Å². The van der Waals surface area contributed by atoms with Gasteiger partial charge in [-0.05, 0) is 6.42 Å². The standard InChI is InChI=1S/C11H19N5O4/c1-2-4-16-9(13)8(10(18)15-11(16)19)14-3-5-20-6-7(12)17/h14H,2-6,13H2,1H3,(H2,12,17)(H,15,18,19). The molecular weight excluding hydrogens is 266 g/mol. The van der Waals surface area contributed by atoms with Crippen molar-refractivity contribution < 1.29 is 9.53 Å². The lowest BCUT2D eigenvalue weighted by Crippen LogP contribution is -2.34. The highest BCUT2D eigenvalue weighted by atomic mass is 16.5. The van der Waals surface area contributed by atoms with Crippen LogP contribution in [0.2, 0.25) is 0 Å². The molecule has 9 heteroatoms. The van der Waals surface area contributed by atoms with Gasteiger partial charge < -0.3 is 21.5 Å². The highest BCUT2D eigenvalue weighted by Gasteiger charge is 2.11. The average Bonchev–Trinajstić information content (AvgIpc) is 2.37. The van der Waals surface area contributed by atoms with E-state index in [0.29, 0.717) is 13.0 Å². The molecule has 0 aliphatic rings. The molecule has 0 atom stereocenters. The molecule has 9 nitrogen and oxygen atoms in total. The van der Waals surface area contributed by atoms with Crippen molar-refractivity contribution in [1.82, 2.24) is 9.55 Å². The first-order valence-electron chi connectivity index (χ1n) is 6.19. The molecule has 6 N–H and O–H groups in total. The van der Waals surface area contributed by atoms with Gasteiger partial charge >= 0.3 is 5.69 Å². The molecule has 1 rings (SSSR count). The summed E-state index contributed by atoms with van der Waals surface area (Å²) in [6.07, 6.45) is 0.706. The number of hydrogen-bond donors (Lipinski definition) is 4. The quantitative estimate of drug-likeness (QED) is 0.425. The molecule has 1 heterocycles. The molecule has 0 radical (unpaired) electrons. The number of H-pyrrole nitrogens is 1. The van der Waals surface area contributed by atoms with Gasteiger partial charge in [-0.15, -0.1) is 0 Å². The van der Waals surface area contributed by atoms with Crippen LogP contribution in [0.25, 0.3) is 0 Å². The summed E-state index contributed by atoms with van der Waals surface area (Å²) >= 11 is 0. The number of amides is 1. The third-order valence-corrected chi connectivity index (χ3v) is 2.48. The number of nitrogen functional groups attached to an aromatic ring is 1. The third kappa shape index (κ3) is 4.12. The number of primary amides is 1. The Kier molecular flexibility index (Phi) is 5.78. The Bertz CT molecular complexity index is 577. The Hall–Kier alpha value is -2.29. The lowest BCUT2D eigenvalue weighted by Gasteiger charge is -2.13. The number of aromatic nitrogens is 2. The van der Waals surface area contributed by atoms with Crippen LogP contribution in [0.4, 0.5) is 11.5 Å². The molecule has 1 aromatic heterocycles. The lowest BCUT2D eigenvalue weighted by molar-refractivity contribution is -0.122. The monoisotopic (exact) mass is 285 g/mol. The van der Waals surface area contributed by atoms with Crippen molar-refractivity contribution in [2.45, 2.75) is 19.9 Å². The molecule has 0 bridgehead atoms. The van der Waals surface area contributed by atoms with Gasteiger partial charge in [-0.2, -0.15) is 0 Å². The first-order chi connectivity index (χ1) is 9.47. The zero-order chi connectivity index (χ0) is 15.1. The normalized spacial score (nSPS) is 10.4. The molecule has 20 heavy (non-hydrogen) atoms. The number of aromatic amines is 1. The zero-order valence-corrected chi connectivity index (χ0v) is 11.3. The summed E-state index contributed by atoms with van der Waals surface area (Å²) in [5.74, 6) is -0.491. The number of nitrogens with two attached hydrogens (primary N) is 2. The maximum Gasteiger partial charge on any atom is 0.330 e. The van der Waals surface area contributed by atoms with Crippen LogP contribution < -0.4 is 28.0 Å². The lowest BCUT2D eigenvalue weighted by atomic mass is 10.4. The van der Waals surface area contributed by atoms with Gasteiger partial charge in [0.2, 0.25) is 5.91 Å². The van der Waals surface area contributed by atoms with Gasteiger partial charge in [-0.1, -0.05) is 6.92 Å².